The maximum Gasteiger partial charge on any atom is 0.109 e. The van der Waals surface area contributed by atoms with E-state index in [1.807, 2.05) is 0 Å². The van der Waals surface area contributed by atoms with Crippen LogP contribution in [0.4, 0.5) is 0 Å². The van der Waals surface area contributed by atoms with E-state index >= 15 is 0 Å². The van der Waals surface area contributed by atoms with Gasteiger partial charge in [0.15, 0.2) is 0 Å². The van der Waals surface area contributed by atoms with Crippen molar-refractivity contribution in [2.24, 2.45) is 5.92 Å². The van der Waals surface area contributed by atoms with Gasteiger partial charge in [-0.15, -0.1) is 0 Å². The van der Waals surface area contributed by atoms with Crippen molar-refractivity contribution in [3.8, 4) is 0 Å². The zero-order valence-corrected chi connectivity index (χ0v) is 11.1. The molecule has 0 radical (unpaired) electrons. The third-order valence-electron chi connectivity index (χ3n) is 4.68. The van der Waals surface area contributed by atoms with Crippen LogP contribution in [0.2, 0.25) is 5.31 Å². The number of hydrogen-bond acceptors (Lipinski definition) is 0. The number of rotatable bonds is 4. The van der Waals surface area contributed by atoms with Crippen LogP contribution in [0.1, 0.15) is 78.1 Å². The lowest BCUT2D eigenvalue weighted by Gasteiger charge is -2.38. The van der Waals surface area contributed by atoms with Gasteiger partial charge in [0.25, 0.3) is 0 Å². The third-order valence-corrected chi connectivity index (χ3v) is 4.68. The Morgan fingerprint density at radius 2 is 1.60 bits per heavy atom. The molecule has 0 aromatic carbocycles. The Balaban J connectivity index is 2.44. The summed E-state index contributed by atoms with van der Waals surface area (Å²) >= 11 is 0. The fraction of sp³-hybridized carbons (Fsp3) is 1.00. The molecule has 0 heterocycles. The second kappa shape index (κ2) is 6.61. The largest absolute Gasteiger partial charge is 0.109 e. The molecule has 1 aliphatic carbocycles. The highest BCUT2D eigenvalue weighted by molar-refractivity contribution is 6.15. The molecule has 1 rings (SSSR count). The topological polar surface area (TPSA) is 0 Å². The normalized spacial score (nSPS) is 24.1. The Bertz CT molecular complexity index is 157. The molecule has 0 bridgehead atoms. The average molecular weight is 208 g/mol. The first kappa shape index (κ1) is 13.1. The SMILES string of the molecule is BC1(C(C)CCCC)CCCCCCC1. The molecule has 15 heavy (non-hydrogen) atoms. The summed E-state index contributed by atoms with van der Waals surface area (Å²) in [5, 5.41) is 0.662. The van der Waals surface area contributed by atoms with E-state index in [1.54, 1.807) is 0 Å². The van der Waals surface area contributed by atoms with Crippen molar-refractivity contribution in [1.82, 2.24) is 0 Å². The lowest BCUT2D eigenvalue weighted by Crippen LogP contribution is -2.23. The van der Waals surface area contributed by atoms with Gasteiger partial charge >= 0.3 is 0 Å². The van der Waals surface area contributed by atoms with Crippen molar-refractivity contribution >= 4 is 7.85 Å². The summed E-state index contributed by atoms with van der Waals surface area (Å²) in [6.45, 7) is 4.81. The molecule has 88 valence electrons. The average Bonchev–Trinajstić information content (AvgIpc) is 2.20. The minimum atomic E-state index is 0.662. The van der Waals surface area contributed by atoms with Crippen LogP contribution in [0.5, 0.6) is 0 Å². The molecule has 1 saturated carbocycles. The molecule has 0 aliphatic heterocycles. The summed E-state index contributed by atoms with van der Waals surface area (Å²) in [5.74, 6) is 0.940. The van der Waals surface area contributed by atoms with E-state index in [4.69, 9.17) is 0 Å². The summed E-state index contributed by atoms with van der Waals surface area (Å²) in [6.07, 6.45) is 14.6. The molecule has 1 heteroatoms. The third kappa shape index (κ3) is 4.21. The van der Waals surface area contributed by atoms with Crippen molar-refractivity contribution in [2.45, 2.75) is 83.4 Å². The summed E-state index contributed by atoms with van der Waals surface area (Å²) < 4.78 is 0. The highest BCUT2D eigenvalue weighted by Crippen LogP contribution is 2.46. The minimum absolute atomic E-state index is 0.662. The van der Waals surface area contributed by atoms with E-state index in [1.165, 1.54) is 64.2 Å². The number of hydrogen-bond donors (Lipinski definition) is 0. The van der Waals surface area contributed by atoms with Gasteiger partial charge in [0.1, 0.15) is 7.85 Å². The van der Waals surface area contributed by atoms with Gasteiger partial charge in [-0.1, -0.05) is 83.4 Å². The van der Waals surface area contributed by atoms with Gasteiger partial charge < -0.3 is 0 Å². The van der Waals surface area contributed by atoms with Crippen LogP contribution in [0.3, 0.4) is 0 Å². The summed E-state index contributed by atoms with van der Waals surface area (Å²) in [7, 11) is 2.55. The molecule has 0 aromatic heterocycles. The molecule has 0 amide bonds. The van der Waals surface area contributed by atoms with Gasteiger partial charge in [-0.25, -0.2) is 0 Å². The molecule has 0 N–H and O–H groups in total. The first-order chi connectivity index (χ1) is 7.19. The maximum absolute atomic E-state index is 2.55. The summed E-state index contributed by atoms with van der Waals surface area (Å²) in [5.41, 5.74) is 0. The second-order valence-electron chi connectivity index (χ2n) is 5.97. The van der Waals surface area contributed by atoms with Crippen molar-refractivity contribution < 1.29 is 0 Å². The predicted octanol–water partition coefficient (Wildman–Crippen LogP) is 4.35. The standard InChI is InChI=1S/C14H29B/c1-3-4-10-13(2)14(15)11-8-6-5-7-9-12-14/h13H,3-12,15H2,1-2H3. The van der Waals surface area contributed by atoms with E-state index in [9.17, 15) is 0 Å². The number of unbranched alkanes of at least 4 members (excludes halogenated alkanes) is 1. The minimum Gasteiger partial charge on any atom is -0.0654 e. The Labute approximate surface area is 97.6 Å². The molecule has 1 atom stereocenters. The Hall–Kier alpha value is 0.0649. The quantitative estimate of drug-likeness (QED) is 0.602. The Morgan fingerprint density at radius 1 is 1.07 bits per heavy atom. The highest BCUT2D eigenvalue weighted by Gasteiger charge is 2.30. The molecular formula is C14H29B. The van der Waals surface area contributed by atoms with Gasteiger partial charge in [0.05, 0.1) is 0 Å². The molecule has 0 aromatic rings. The van der Waals surface area contributed by atoms with Gasteiger partial charge in [-0.05, 0) is 5.92 Å². The maximum atomic E-state index is 2.55. The zero-order valence-electron chi connectivity index (χ0n) is 11.1. The molecule has 1 fully saturated rings. The Morgan fingerprint density at radius 3 is 2.13 bits per heavy atom. The lowest BCUT2D eigenvalue weighted by molar-refractivity contribution is 0.284. The fourth-order valence-corrected chi connectivity index (χ4v) is 3.06. The highest BCUT2D eigenvalue weighted by atomic mass is 14.3. The van der Waals surface area contributed by atoms with Crippen LogP contribution in [0, 0.1) is 5.92 Å². The Kier molecular flexibility index (Phi) is 5.78. The first-order valence-electron chi connectivity index (χ1n) is 7.19. The van der Waals surface area contributed by atoms with Gasteiger partial charge in [-0.2, -0.15) is 0 Å². The molecule has 1 aliphatic rings. The second-order valence-corrected chi connectivity index (χ2v) is 5.97. The molecular weight excluding hydrogens is 179 g/mol. The van der Waals surface area contributed by atoms with Crippen molar-refractivity contribution in [2.75, 3.05) is 0 Å². The molecule has 0 saturated heterocycles. The summed E-state index contributed by atoms with van der Waals surface area (Å²) in [4.78, 5) is 0. The van der Waals surface area contributed by atoms with Crippen LogP contribution in [0.25, 0.3) is 0 Å². The molecule has 0 spiro atoms. The van der Waals surface area contributed by atoms with E-state index in [0.29, 0.717) is 5.31 Å². The van der Waals surface area contributed by atoms with Crippen molar-refractivity contribution in [3.05, 3.63) is 0 Å². The van der Waals surface area contributed by atoms with Crippen molar-refractivity contribution in [3.63, 3.8) is 0 Å². The van der Waals surface area contributed by atoms with Crippen LogP contribution < -0.4 is 0 Å². The van der Waals surface area contributed by atoms with E-state index in [-0.39, 0.29) is 0 Å². The van der Waals surface area contributed by atoms with Gasteiger partial charge in [-0.3, -0.25) is 0 Å². The van der Waals surface area contributed by atoms with E-state index in [0.717, 1.165) is 5.92 Å². The van der Waals surface area contributed by atoms with Crippen LogP contribution in [-0.2, 0) is 0 Å². The monoisotopic (exact) mass is 208 g/mol. The van der Waals surface area contributed by atoms with E-state index < -0.39 is 0 Å². The zero-order chi connectivity index (χ0) is 11.1. The van der Waals surface area contributed by atoms with Gasteiger partial charge in [0.2, 0.25) is 0 Å². The van der Waals surface area contributed by atoms with Crippen LogP contribution in [0.15, 0.2) is 0 Å². The first-order valence-corrected chi connectivity index (χ1v) is 7.19. The van der Waals surface area contributed by atoms with Gasteiger partial charge in [0, 0.05) is 0 Å². The predicted molar refractivity (Wildman–Crippen MR) is 72.2 cm³/mol. The van der Waals surface area contributed by atoms with Crippen LogP contribution >= 0.6 is 0 Å². The van der Waals surface area contributed by atoms with Crippen LogP contribution in [-0.4, -0.2) is 7.85 Å². The summed E-state index contributed by atoms with van der Waals surface area (Å²) in [6, 6.07) is 0. The lowest BCUT2D eigenvalue weighted by atomic mass is 9.54. The smallest absolute Gasteiger partial charge is 0.0654 e. The molecule has 0 nitrogen and oxygen atoms in total. The fourth-order valence-electron chi connectivity index (χ4n) is 3.06. The molecule has 1 unspecified atom stereocenters. The van der Waals surface area contributed by atoms with Crippen molar-refractivity contribution in [1.29, 1.82) is 0 Å². The van der Waals surface area contributed by atoms with E-state index in [2.05, 4.69) is 21.7 Å².